The van der Waals surface area contributed by atoms with Crippen molar-refractivity contribution in [2.45, 2.75) is 0 Å². The van der Waals surface area contributed by atoms with Crippen LogP contribution < -0.4 is 9.47 Å². The first-order valence-corrected chi connectivity index (χ1v) is 13.9. The molecule has 0 aliphatic rings. The lowest BCUT2D eigenvalue weighted by atomic mass is 10.2. The molecule has 4 heterocycles. The summed E-state index contributed by atoms with van der Waals surface area (Å²) in [6, 6.07) is 22.6. The maximum Gasteiger partial charge on any atom is 0.213 e. The Bertz CT molecular complexity index is 1220. The SMILES string of the molecule is Brc1cccc(-c2cccc(OCCOCCOCCOCCOc3cccc(-c4cccc(Br)n4)n3)n2)n1. The van der Waals surface area contributed by atoms with Crippen molar-refractivity contribution in [3.63, 3.8) is 0 Å². The predicted octanol–water partition coefficient (Wildman–Crippen LogP) is 5.63. The zero-order chi connectivity index (χ0) is 27.1. The fourth-order valence-electron chi connectivity index (χ4n) is 3.33. The summed E-state index contributed by atoms with van der Waals surface area (Å²) < 4.78 is 29.5. The van der Waals surface area contributed by atoms with Crippen LogP contribution in [0.4, 0.5) is 0 Å². The smallest absolute Gasteiger partial charge is 0.213 e. The topological polar surface area (TPSA) is 97.7 Å². The Morgan fingerprint density at radius 3 is 1.13 bits per heavy atom. The molecule has 4 aromatic heterocycles. The van der Waals surface area contributed by atoms with Gasteiger partial charge in [0.2, 0.25) is 11.8 Å². The second-order valence-corrected chi connectivity index (χ2v) is 9.57. The maximum atomic E-state index is 5.69. The van der Waals surface area contributed by atoms with Crippen LogP contribution in [0.25, 0.3) is 22.8 Å². The Hall–Kier alpha value is -2.96. The fourth-order valence-corrected chi connectivity index (χ4v) is 4.02. The van der Waals surface area contributed by atoms with Gasteiger partial charge in [-0.3, -0.25) is 0 Å². The van der Waals surface area contributed by atoms with E-state index in [0.717, 1.165) is 32.0 Å². The van der Waals surface area contributed by atoms with Gasteiger partial charge in [0, 0.05) is 12.1 Å². The summed E-state index contributed by atoms with van der Waals surface area (Å²) in [5.41, 5.74) is 3.04. The van der Waals surface area contributed by atoms with Crippen LogP contribution in [0.15, 0.2) is 82.0 Å². The van der Waals surface area contributed by atoms with Crippen LogP contribution in [0, 0.1) is 0 Å². The minimum atomic E-state index is 0.392. The molecule has 0 saturated heterocycles. The van der Waals surface area contributed by atoms with E-state index in [2.05, 4.69) is 51.8 Å². The van der Waals surface area contributed by atoms with Crippen molar-refractivity contribution in [3.05, 3.63) is 82.0 Å². The van der Waals surface area contributed by atoms with Crippen molar-refractivity contribution in [1.29, 1.82) is 0 Å². The van der Waals surface area contributed by atoms with Gasteiger partial charge in [0.1, 0.15) is 22.4 Å². The summed E-state index contributed by atoms with van der Waals surface area (Å²) in [5, 5.41) is 0. The van der Waals surface area contributed by atoms with Crippen molar-refractivity contribution in [3.8, 4) is 34.5 Å². The van der Waals surface area contributed by atoms with E-state index in [1.807, 2.05) is 72.8 Å². The molecule has 11 heteroatoms. The second-order valence-electron chi connectivity index (χ2n) is 7.95. The van der Waals surface area contributed by atoms with E-state index in [1.165, 1.54) is 0 Å². The number of pyridine rings is 4. The summed E-state index contributed by atoms with van der Waals surface area (Å²) in [6.45, 7) is 3.54. The monoisotopic (exact) mass is 658 g/mol. The Kier molecular flexibility index (Phi) is 12.1. The molecule has 39 heavy (non-hydrogen) atoms. The van der Waals surface area contributed by atoms with Crippen molar-refractivity contribution in [1.82, 2.24) is 19.9 Å². The highest BCUT2D eigenvalue weighted by Crippen LogP contribution is 2.21. The molecule has 0 aliphatic carbocycles. The minimum absolute atomic E-state index is 0.392. The molecule has 9 nitrogen and oxygen atoms in total. The standard InChI is InChI=1S/C28H28Br2N4O5/c29-25-9-1-5-21(31-25)23-7-3-11-27(33-23)38-19-17-36-15-13-35-14-16-37-18-20-39-28-12-4-8-24(34-28)22-6-2-10-26(30)32-22/h1-12H,13-20H2. The molecule has 0 saturated carbocycles. The molecule has 4 aromatic rings. The minimum Gasteiger partial charge on any atom is -0.475 e. The third-order valence-electron chi connectivity index (χ3n) is 5.10. The molecule has 0 N–H and O–H groups in total. The van der Waals surface area contributed by atoms with E-state index >= 15 is 0 Å². The molecule has 0 aliphatic heterocycles. The maximum absolute atomic E-state index is 5.69. The highest BCUT2D eigenvalue weighted by molar-refractivity contribution is 9.10. The lowest BCUT2D eigenvalue weighted by molar-refractivity contribution is 0.00461. The number of hydrogen-bond donors (Lipinski definition) is 0. The van der Waals surface area contributed by atoms with E-state index in [4.69, 9.17) is 23.7 Å². The van der Waals surface area contributed by atoms with Gasteiger partial charge in [0.05, 0.1) is 62.4 Å². The van der Waals surface area contributed by atoms with E-state index < -0.39 is 0 Å². The molecule has 204 valence electrons. The Morgan fingerprint density at radius 2 is 0.744 bits per heavy atom. The zero-order valence-electron chi connectivity index (χ0n) is 21.2. The number of halogens is 2. The first-order chi connectivity index (χ1) is 19.2. The lowest BCUT2D eigenvalue weighted by Gasteiger charge is -2.09. The first-order valence-electron chi connectivity index (χ1n) is 12.4. The molecule has 0 aromatic carbocycles. The van der Waals surface area contributed by atoms with Gasteiger partial charge in [0.25, 0.3) is 0 Å². The van der Waals surface area contributed by atoms with Gasteiger partial charge in [0.15, 0.2) is 0 Å². The Balaban J connectivity index is 0.998. The molecule has 0 bridgehead atoms. The highest BCUT2D eigenvalue weighted by atomic mass is 79.9. The van der Waals surface area contributed by atoms with Crippen LogP contribution in [0.5, 0.6) is 11.8 Å². The summed E-state index contributed by atoms with van der Waals surface area (Å²) in [6.07, 6.45) is 0. The average molecular weight is 660 g/mol. The van der Waals surface area contributed by atoms with Gasteiger partial charge in [-0.05, 0) is 68.3 Å². The van der Waals surface area contributed by atoms with Crippen molar-refractivity contribution in [2.24, 2.45) is 0 Å². The molecule has 0 amide bonds. The van der Waals surface area contributed by atoms with Crippen LogP contribution >= 0.6 is 31.9 Å². The van der Waals surface area contributed by atoms with E-state index in [-0.39, 0.29) is 0 Å². The number of aromatic nitrogens is 4. The van der Waals surface area contributed by atoms with Gasteiger partial charge in [-0.2, -0.15) is 0 Å². The van der Waals surface area contributed by atoms with Crippen molar-refractivity contribution < 1.29 is 23.7 Å². The summed E-state index contributed by atoms with van der Waals surface area (Å²) in [5.74, 6) is 1.06. The van der Waals surface area contributed by atoms with Crippen molar-refractivity contribution >= 4 is 31.9 Å². The molecule has 0 fully saturated rings. The Labute approximate surface area is 244 Å². The molecule has 0 radical (unpaired) electrons. The van der Waals surface area contributed by atoms with Crippen molar-refractivity contribution in [2.75, 3.05) is 52.9 Å². The number of nitrogens with zero attached hydrogens (tertiary/aromatic N) is 4. The van der Waals surface area contributed by atoms with Gasteiger partial charge in [-0.25, -0.2) is 19.9 Å². The normalized spacial score (nSPS) is 10.9. The fraction of sp³-hybridized carbons (Fsp3) is 0.286. The number of ether oxygens (including phenoxy) is 5. The third kappa shape index (κ3) is 10.3. The van der Waals surface area contributed by atoms with Crippen LogP contribution in [0.3, 0.4) is 0 Å². The van der Waals surface area contributed by atoms with Gasteiger partial charge < -0.3 is 23.7 Å². The first kappa shape index (κ1) is 29.0. The number of hydrogen-bond acceptors (Lipinski definition) is 9. The van der Waals surface area contributed by atoms with Crippen LogP contribution in [-0.2, 0) is 14.2 Å². The average Bonchev–Trinajstić information content (AvgIpc) is 2.96. The Morgan fingerprint density at radius 1 is 0.410 bits per heavy atom. The largest absolute Gasteiger partial charge is 0.475 e. The lowest BCUT2D eigenvalue weighted by Crippen LogP contribution is -2.14. The molecular formula is C28H28Br2N4O5. The van der Waals surface area contributed by atoms with Gasteiger partial charge >= 0.3 is 0 Å². The van der Waals surface area contributed by atoms with Gasteiger partial charge in [-0.15, -0.1) is 0 Å². The molecular weight excluding hydrogens is 632 g/mol. The molecule has 4 rings (SSSR count). The van der Waals surface area contributed by atoms with E-state index in [9.17, 15) is 0 Å². The quantitative estimate of drug-likeness (QED) is 0.112. The van der Waals surface area contributed by atoms with Crippen LogP contribution in [0.1, 0.15) is 0 Å². The molecule has 0 spiro atoms. The second kappa shape index (κ2) is 16.2. The number of rotatable bonds is 16. The third-order valence-corrected chi connectivity index (χ3v) is 5.98. The zero-order valence-corrected chi connectivity index (χ0v) is 24.3. The highest BCUT2D eigenvalue weighted by Gasteiger charge is 2.05. The van der Waals surface area contributed by atoms with Crippen LogP contribution in [0.2, 0.25) is 0 Å². The summed E-state index contributed by atoms with van der Waals surface area (Å²) in [4.78, 5) is 17.8. The van der Waals surface area contributed by atoms with E-state index in [0.29, 0.717) is 64.6 Å². The predicted molar refractivity (Wildman–Crippen MR) is 154 cm³/mol. The van der Waals surface area contributed by atoms with Crippen LogP contribution in [-0.4, -0.2) is 72.8 Å². The van der Waals surface area contributed by atoms with E-state index in [1.54, 1.807) is 0 Å². The van der Waals surface area contributed by atoms with Gasteiger partial charge in [-0.1, -0.05) is 24.3 Å². The summed E-state index contributed by atoms with van der Waals surface area (Å²) in [7, 11) is 0. The molecule has 0 unspecified atom stereocenters. The molecule has 0 atom stereocenters. The summed E-state index contributed by atoms with van der Waals surface area (Å²) >= 11 is 6.76.